The minimum absolute atomic E-state index is 0.0627. The molecule has 6 rings (SSSR count). The summed E-state index contributed by atoms with van der Waals surface area (Å²) in [7, 11) is 0. The van der Waals surface area contributed by atoms with Crippen LogP contribution in [0.1, 0.15) is 48.3 Å². The quantitative estimate of drug-likeness (QED) is 0.414. The number of carboxylic acids is 1. The second kappa shape index (κ2) is 11.3. The van der Waals surface area contributed by atoms with E-state index in [1.165, 1.54) is 0 Å². The van der Waals surface area contributed by atoms with Crippen molar-refractivity contribution in [1.82, 2.24) is 19.4 Å². The molecule has 0 spiro atoms. The van der Waals surface area contributed by atoms with E-state index in [4.69, 9.17) is 19.4 Å². The second-order valence-electron chi connectivity index (χ2n) is 11.1. The first kappa shape index (κ1) is 26.9. The molecule has 0 radical (unpaired) electrons. The topological polar surface area (TPSA) is 93.0 Å². The fourth-order valence-electron chi connectivity index (χ4n) is 5.73. The number of aromatic carboxylic acids is 1. The highest BCUT2D eigenvalue weighted by molar-refractivity contribution is 5.92. The number of benzene rings is 1. The number of nitrogens with zero attached hydrogens (tertiary/aromatic N) is 5. The summed E-state index contributed by atoms with van der Waals surface area (Å²) < 4.78 is 40.6. The van der Waals surface area contributed by atoms with Crippen LogP contribution in [0.2, 0.25) is 0 Å². The lowest BCUT2D eigenvalue weighted by Gasteiger charge is -2.35. The molecule has 2 saturated heterocycles. The SMILES string of the molecule is O=C(O)c1ccc2nc(CN3CCN(c4cccc(OCC5CCC(F)(F)CC5)n4)CC3)n(C[C@@H]3CCO3)c2c1. The van der Waals surface area contributed by atoms with Crippen LogP contribution in [0.5, 0.6) is 5.88 Å². The molecule has 1 N–H and O–H groups in total. The van der Waals surface area contributed by atoms with Gasteiger partial charge < -0.3 is 24.0 Å². The van der Waals surface area contributed by atoms with Crippen LogP contribution in [-0.4, -0.2) is 81.9 Å². The number of carboxylic acid groups (broad SMARTS) is 1. The Morgan fingerprint density at radius 2 is 1.85 bits per heavy atom. The number of aromatic nitrogens is 3. The number of imidazole rings is 1. The smallest absolute Gasteiger partial charge is 0.335 e. The van der Waals surface area contributed by atoms with Crippen LogP contribution < -0.4 is 9.64 Å². The van der Waals surface area contributed by atoms with Crippen molar-refractivity contribution >= 4 is 22.8 Å². The Balaban J connectivity index is 1.07. The Labute approximate surface area is 231 Å². The van der Waals surface area contributed by atoms with Crippen molar-refractivity contribution in [2.24, 2.45) is 5.92 Å². The van der Waals surface area contributed by atoms with E-state index in [0.29, 0.717) is 38.4 Å². The Bertz CT molecular complexity index is 1340. The molecule has 2 aromatic heterocycles. The third-order valence-corrected chi connectivity index (χ3v) is 8.33. The molecule has 0 bridgehead atoms. The summed E-state index contributed by atoms with van der Waals surface area (Å²) in [5, 5.41) is 9.48. The maximum absolute atomic E-state index is 13.4. The number of halogens is 2. The van der Waals surface area contributed by atoms with E-state index in [0.717, 1.165) is 61.9 Å². The van der Waals surface area contributed by atoms with Gasteiger partial charge in [-0.25, -0.2) is 18.6 Å². The zero-order chi connectivity index (χ0) is 27.7. The van der Waals surface area contributed by atoms with Crippen LogP contribution in [0.15, 0.2) is 36.4 Å². The second-order valence-corrected chi connectivity index (χ2v) is 11.1. The summed E-state index contributed by atoms with van der Waals surface area (Å²) >= 11 is 0. The Kier molecular flexibility index (Phi) is 7.59. The maximum atomic E-state index is 13.4. The predicted octanol–water partition coefficient (Wildman–Crippen LogP) is 4.44. The number of hydrogen-bond donors (Lipinski definition) is 1. The number of hydrogen-bond acceptors (Lipinski definition) is 7. The molecule has 0 unspecified atom stereocenters. The molecule has 214 valence electrons. The van der Waals surface area contributed by atoms with Crippen molar-refractivity contribution in [2.75, 3.05) is 44.3 Å². The predicted molar refractivity (Wildman–Crippen MR) is 145 cm³/mol. The summed E-state index contributed by atoms with van der Waals surface area (Å²) in [6.07, 6.45) is 1.96. The van der Waals surface area contributed by atoms with Crippen LogP contribution in [-0.2, 0) is 17.8 Å². The first-order valence-corrected chi connectivity index (χ1v) is 14.1. The van der Waals surface area contributed by atoms with Crippen LogP contribution in [0.3, 0.4) is 0 Å². The van der Waals surface area contributed by atoms with E-state index in [2.05, 4.69) is 14.4 Å². The molecule has 11 heteroatoms. The van der Waals surface area contributed by atoms with Crippen LogP contribution in [0.25, 0.3) is 11.0 Å². The molecule has 2 aliphatic heterocycles. The summed E-state index contributed by atoms with van der Waals surface area (Å²) in [4.78, 5) is 25.7. The number of rotatable bonds is 9. The van der Waals surface area contributed by atoms with Gasteiger partial charge in [0.2, 0.25) is 11.8 Å². The van der Waals surface area contributed by atoms with E-state index in [9.17, 15) is 18.7 Å². The number of alkyl halides is 2. The van der Waals surface area contributed by atoms with Crippen molar-refractivity contribution in [2.45, 2.75) is 57.2 Å². The molecule has 9 nitrogen and oxygen atoms in total. The standard InChI is InChI=1S/C29H35F2N5O4/c30-29(31)9-6-20(7-10-29)19-40-27-3-1-2-25(33-27)35-13-11-34(12-14-35)18-26-32-23-5-4-21(28(37)38)16-24(23)36(26)17-22-8-15-39-22/h1-5,16,20,22H,6-15,17-19H2,(H,37,38)/t22-/m0/s1. The lowest BCUT2D eigenvalue weighted by Crippen LogP contribution is -2.46. The molecule has 3 aliphatic rings. The van der Waals surface area contributed by atoms with Gasteiger partial charge in [-0.1, -0.05) is 6.07 Å². The van der Waals surface area contributed by atoms with Crippen molar-refractivity contribution < 1.29 is 28.2 Å². The van der Waals surface area contributed by atoms with Crippen molar-refractivity contribution in [1.29, 1.82) is 0 Å². The minimum Gasteiger partial charge on any atom is -0.478 e. The molecule has 1 saturated carbocycles. The van der Waals surface area contributed by atoms with Crippen molar-refractivity contribution in [3.05, 3.63) is 47.8 Å². The number of ether oxygens (including phenoxy) is 2. The van der Waals surface area contributed by atoms with E-state index >= 15 is 0 Å². The number of carbonyl (C=O) groups is 1. The first-order chi connectivity index (χ1) is 19.3. The highest BCUT2D eigenvalue weighted by Gasteiger charge is 2.35. The molecule has 3 fully saturated rings. The van der Waals surface area contributed by atoms with Gasteiger partial charge in [0.05, 0.1) is 42.4 Å². The molecule has 1 aliphatic carbocycles. The Morgan fingerprint density at radius 1 is 1.07 bits per heavy atom. The summed E-state index contributed by atoms with van der Waals surface area (Å²) in [5.41, 5.74) is 1.87. The zero-order valence-electron chi connectivity index (χ0n) is 22.5. The normalized spacial score (nSPS) is 21.9. The summed E-state index contributed by atoms with van der Waals surface area (Å²) in [6.45, 7) is 5.74. The molecule has 0 amide bonds. The largest absolute Gasteiger partial charge is 0.478 e. The van der Waals surface area contributed by atoms with E-state index in [-0.39, 0.29) is 30.4 Å². The maximum Gasteiger partial charge on any atom is 0.335 e. The summed E-state index contributed by atoms with van der Waals surface area (Å²) in [6, 6.07) is 10.8. The average Bonchev–Trinajstić information content (AvgIpc) is 3.26. The van der Waals surface area contributed by atoms with Gasteiger partial charge in [-0.15, -0.1) is 0 Å². The van der Waals surface area contributed by atoms with Gasteiger partial charge in [-0.05, 0) is 49.4 Å². The fraction of sp³-hybridized carbons (Fsp3) is 0.552. The van der Waals surface area contributed by atoms with E-state index < -0.39 is 11.9 Å². The van der Waals surface area contributed by atoms with Crippen LogP contribution in [0.4, 0.5) is 14.6 Å². The van der Waals surface area contributed by atoms with Crippen molar-refractivity contribution in [3.8, 4) is 5.88 Å². The number of piperazine rings is 1. The molecule has 4 heterocycles. The molecule has 1 atom stereocenters. The number of pyridine rings is 1. The first-order valence-electron chi connectivity index (χ1n) is 14.1. The Hall–Kier alpha value is -3.31. The molecular formula is C29H35F2N5O4. The average molecular weight is 556 g/mol. The van der Waals surface area contributed by atoms with E-state index in [1.54, 1.807) is 18.2 Å². The van der Waals surface area contributed by atoms with Gasteiger partial charge in [0.1, 0.15) is 11.6 Å². The fourth-order valence-corrected chi connectivity index (χ4v) is 5.73. The van der Waals surface area contributed by atoms with Gasteiger partial charge in [0.25, 0.3) is 0 Å². The van der Waals surface area contributed by atoms with Gasteiger partial charge in [0, 0.05) is 51.7 Å². The monoisotopic (exact) mass is 555 g/mol. The third kappa shape index (κ3) is 6.05. The molecule has 40 heavy (non-hydrogen) atoms. The lowest BCUT2D eigenvalue weighted by atomic mass is 9.87. The number of fused-ring (bicyclic) bond motifs is 1. The van der Waals surface area contributed by atoms with Crippen LogP contribution >= 0.6 is 0 Å². The molecular weight excluding hydrogens is 520 g/mol. The third-order valence-electron chi connectivity index (χ3n) is 8.33. The number of anilines is 1. The van der Waals surface area contributed by atoms with Crippen LogP contribution in [0, 0.1) is 5.92 Å². The minimum atomic E-state index is -2.53. The van der Waals surface area contributed by atoms with Crippen molar-refractivity contribution in [3.63, 3.8) is 0 Å². The van der Waals surface area contributed by atoms with Gasteiger partial charge >= 0.3 is 5.97 Å². The Morgan fingerprint density at radius 3 is 2.55 bits per heavy atom. The van der Waals surface area contributed by atoms with Gasteiger partial charge in [-0.3, -0.25) is 4.90 Å². The molecule has 3 aromatic rings. The highest BCUT2D eigenvalue weighted by atomic mass is 19.3. The molecule has 1 aromatic carbocycles. The van der Waals surface area contributed by atoms with Gasteiger partial charge in [0.15, 0.2) is 0 Å². The highest BCUT2D eigenvalue weighted by Crippen LogP contribution is 2.36. The van der Waals surface area contributed by atoms with E-state index in [1.807, 2.05) is 18.2 Å². The lowest BCUT2D eigenvalue weighted by molar-refractivity contribution is -0.0592. The zero-order valence-corrected chi connectivity index (χ0v) is 22.5. The summed E-state index contributed by atoms with van der Waals surface area (Å²) in [5.74, 6) is -1.04. The van der Waals surface area contributed by atoms with Gasteiger partial charge in [-0.2, -0.15) is 4.98 Å².